The average Bonchev–Trinajstić information content (AvgIpc) is 2.49. The summed E-state index contributed by atoms with van der Waals surface area (Å²) in [5.74, 6) is 0.821. The number of aryl methyl sites for hydroxylation is 1. The molecule has 110 valence electrons. The van der Waals surface area contributed by atoms with Crippen molar-refractivity contribution >= 4 is 5.91 Å². The largest absolute Gasteiger partial charge is 0.497 e. The number of hydrogen-bond donors (Lipinski definition) is 1. The third kappa shape index (κ3) is 4.35. The van der Waals surface area contributed by atoms with Gasteiger partial charge in [-0.05, 0) is 37.1 Å². The first-order valence-electron chi connectivity index (χ1n) is 7.07. The molecule has 0 saturated heterocycles. The molecular formula is C18H21NO2. The summed E-state index contributed by atoms with van der Waals surface area (Å²) in [5, 5.41) is 3.02. The molecule has 1 N–H and O–H groups in total. The predicted molar refractivity (Wildman–Crippen MR) is 84.4 cm³/mol. The van der Waals surface area contributed by atoms with E-state index in [2.05, 4.69) is 5.32 Å². The maximum Gasteiger partial charge on any atom is 0.224 e. The summed E-state index contributed by atoms with van der Waals surface area (Å²) in [7, 11) is 1.64. The molecule has 0 aliphatic heterocycles. The van der Waals surface area contributed by atoms with E-state index in [1.807, 2.05) is 62.4 Å². The van der Waals surface area contributed by atoms with Crippen LogP contribution in [-0.4, -0.2) is 13.0 Å². The minimum atomic E-state index is -0.0435. The SMILES string of the molecule is COc1cccc([C@H](C)NC(=O)Cc2ccc(C)cc2)c1. The van der Waals surface area contributed by atoms with Crippen molar-refractivity contribution in [2.24, 2.45) is 0 Å². The highest BCUT2D eigenvalue weighted by molar-refractivity contribution is 5.79. The van der Waals surface area contributed by atoms with Gasteiger partial charge in [0.25, 0.3) is 0 Å². The molecule has 0 aliphatic carbocycles. The average molecular weight is 283 g/mol. The van der Waals surface area contributed by atoms with Crippen molar-refractivity contribution in [1.29, 1.82) is 0 Å². The zero-order valence-corrected chi connectivity index (χ0v) is 12.7. The zero-order chi connectivity index (χ0) is 15.2. The van der Waals surface area contributed by atoms with E-state index in [0.717, 1.165) is 16.9 Å². The molecule has 0 bridgehead atoms. The van der Waals surface area contributed by atoms with E-state index in [4.69, 9.17) is 4.74 Å². The number of amides is 1. The van der Waals surface area contributed by atoms with E-state index in [0.29, 0.717) is 6.42 Å². The summed E-state index contributed by atoms with van der Waals surface area (Å²) in [5.41, 5.74) is 3.26. The number of hydrogen-bond acceptors (Lipinski definition) is 2. The first-order chi connectivity index (χ1) is 10.1. The second-order valence-corrected chi connectivity index (χ2v) is 5.23. The van der Waals surface area contributed by atoms with Crippen LogP contribution in [0.1, 0.15) is 29.7 Å². The lowest BCUT2D eigenvalue weighted by Gasteiger charge is -2.15. The van der Waals surface area contributed by atoms with Crippen LogP contribution in [0.4, 0.5) is 0 Å². The van der Waals surface area contributed by atoms with E-state index < -0.39 is 0 Å². The van der Waals surface area contributed by atoms with Gasteiger partial charge < -0.3 is 10.1 Å². The first kappa shape index (κ1) is 15.1. The Kier molecular flexibility index (Phi) is 4.99. The Morgan fingerprint density at radius 2 is 1.90 bits per heavy atom. The Morgan fingerprint density at radius 1 is 1.19 bits per heavy atom. The molecule has 0 saturated carbocycles. The maximum absolute atomic E-state index is 12.1. The van der Waals surface area contributed by atoms with Crippen LogP contribution in [0.2, 0.25) is 0 Å². The van der Waals surface area contributed by atoms with Gasteiger partial charge in [-0.25, -0.2) is 0 Å². The monoisotopic (exact) mass is 283 g/mol. The fourth-order valence-corrected chi connectivity index (χ4v) is 2.18. The lowest BCUT2D eigenvalue weighted by molar-refractivity contribution is -0.121. The first-order valence-corrected chi connectivity index (χ1v) is 7.07. The highest BCUT2D eigenvalue weighted by Gasteiger charge is 2.10. The molecule has 21 heavy (non-hydrogen) atoms. The molecule has 0 aliphatic rings. The van der Waals surface area contributed by atoms with Crippen molar-refractivity contribution in [2.75, 3.05) is 7.11 Å². The molecule has 0 fully saturated rings. The van der Waals surface area contributed by atoms with Crippen LogP contribution in [0.5, 0.6) is 5.75 Å². The number of methoxy groups -OCH3 is 1. The Labute approximate surface area is 126 Å². The summed E-state index contributed by atoms with van der Waals surface area (Å²) in [6.07, 6.45) is 0.397. The summed E-state index contributed by atoms with van der Waals surface area (Å²) in [4.78, 5) is 12.1. The quantitative estimate of drug-likeness (QED) is 0.913. The van der Waals surface area contributed by atoms with Crippen LogP contribution in [0, 0.1) is 6.92 Å². The van der Waals surface area contributed by atoms with Crippen molar-refractivity contribution in [3.63, 3.8) is 0 Å². The maximum atomic E-state index is 12.1. The summed E-state index contributed by atoms with van der Waals surface area (Å²) < 4.78 is 5.20. The number of rotatable bonds is 5. The van der Waals surface area contributed by atoms with Gasteiger partial charge in [-0.2, -0.15) is 0 Å². The molecule has 2 aromatic carbocycles. The zero-order valence-electron chi connectivity index (χ0n) is 12.7. The second kappa shape index (κ2) is 6.93. The Morgan fingerprint density at radius 3 is 2.57 bits per heavy atom. The second-order valence-electron chi connectivity index (χ2n) is 5.23. The van der Waals surface area contributed by atoms with Gasteiger partial charge in [0.2, 0.25) is 5.91 Å². The van der Waals surface area contributed by atoms with Gasteiger partial charge in [-0.15, -0.1) is 0 Å². The molecule has 2 aromatic rings. The summed E-state index contributed by atoms with van der Waals surface area (Å²) >= 11 is 0. The lowest BCUT2D eigenvalue weighted by Crippen LogP contribution is -2.28. The standard InChI is InChI=1S/C18H21NO2/c1-13-7-9-15(10-8-13)11-18(20)19-14(2)16-5-4-6-17(12-16)21-3/h4-10,12,14H,11H2,1-3H3,(H,19,20)/t14-/m0/s1. The molecule has 3 heteroatoms. The van der Waals surface area contributed by atoms with Gasteiger partial charge in [0.15, 0.2) is 0 Å². The molecule has 0 heterocycles. The Bertz CT molecular complexity index is 605. The van der Waals surface area contributed by atoms with Crippen molar-refractivity contribution in [1.82, 2.24) is 5.32 Å². The number of carbonyl (C=O) groups is 1. The van der Waals surface area contributed by atoms with Gasteiger partial charge in [0.1, 0.15) is 5.75 Å². The molecule has 0 spiro atoms. The molecule has 1 amide bonds. The number of ether oxygens (including phenoxy) is 1. The number of benzene rings is 2. The molecule has 0 unspecified atom stereocenters. The molecule has 0 radical (unpaired) electrons. The van der Waals surface area contributed by atoms with Crippen LogP contribution in [0.15, 0.2) is 48.5 Å². The molecule has 2 rings (SSSR count). The minimum absolute atomic E-state index is 0.0224. The van der Waals surface area contributed by atoms with E-state index >= 15 is 0 Å². The minimum Gasteiger partial charge on any atom is -0.497 e. The third-order valence-electron chi connectivity index (χ3n) is 3.46. The van der Waals surface area contributed by atoms with Crippen molar-refractivity contribution in [2.45, 2.75) is 26.3 Å². The number of carbonyl (C=O) groups excluding carboxylic acids is 1. The van der Waals surface area contributed by atoms with E-state index in [1.54, 1.807) is 7.11 Å². The normalized spacial score (nSPS) is 11.8. The predicted octanol–water partition coefficient (Wildman–Crippen LogP) is 3.42. The van der Waals surface area contributed by atoms with E-state index in [9.17, 15) is 4.79 Å². The molecular weight excluding hydrogens is 262 g/mol. The molecule has 0 aromatic heterocycles. The van der Waals surface area contributed by atoms with Gasteiger partial charge in [-0.3, -0.25) is 4.79 Å². The van der Waals surface area contributed by atoms with Crippen molar-refractivity contribution < 1.29 is 9.53 Å². The number of nitrogens with one attached hydrogen (secondary N) is 1. The highest BCUT2D eigenvalue weighted by Crippen LogP contribution is 2.18. The van der Waals surface area contributed by atoms with E-state index in [-0.39, 0.29) is 11.9 Å². The van der Waals surface area contributed by atoms with Gasteiger partial charge >= 0.3 is 0 Å². The Hall–Kier alpha value is -2.29. The summed E-state index contributed by atoms with van der Waals surface area (Å²) in [6, 6.07) is 15.7. The van der Waals surface area contributed by atoms with Crippen LogP contribution in [0.25, 0.3) is 0 Å². The van der Waals surface area contributed by atoms with Crippen LogP contribution in [0.3, 0.4) is 0 Å². The Balaban J connectivity index is 1.96. The fourth-order valence-electron chi connectivity index (χ4n) is 2.18. The third-order valence-corrected chi connectivity index (χ3v) is 3.46. The van der Waals surface area contributed by atoms with Crippen molar-refractivity contribution in [3.05, 3.63) is 65.2 Å². The topological polar surface area (TPSA) is 38.3 Å². The fraction of sp³-hybridized carbons (Fsp3) is 0.278. The molecule has 1 atom stereocenters. The smallest absolute Gasteiger partial charge is 0.224 e. The van der Waals surface area contributed by atoms with Crippen molar-refractivity contribution in [3.8, 4) is 5.75 Å². The molecule has 3 nitrogen and oxygen atoms in total. The lowest BCUT2D eigenvalue weighted by atomic mass is 10.1. The van der Waals surface area contributed by atoms with Gasteiger partial charge in [-0.1, -0.05) is 42.0 Å². The van der Waals surface area contributed by atoms with Gasteiger partial charge in [0.05, 0.1) is 19.6 Å². The summed E-state index contributed by atoms with van der Waals surface area (Å²) in [6.45, 7) is 4.01. The van der Waals surface area contributed by atoms with Crippen LogP contribution >= 0.6 is 0 Å². The van der Waals surface area contributed by atoms with E-state index in [1.165, 1.54) is 5.56 Å². The highest BCUT2D eigenvalue weighted by atomic mass is 16.5. The van der Waals surface area contributed by atoms with Gasteiger partial charge in [0, 0.05) is 0 Å². The van der Waals surface area contributed by atoms with Crippen LogP contribution in [-0.2, 0) is 11.2 Å². The van der Waals surface area contributed by atoms with Crippen LogP contribution < -0.4 is 10.1 Å².